The zero-order chi connectivity index (χ0) is 12.8. The van der Waals surface area contributed by atoms with Gasteiger partial charge < -0.3 is 5.32 Å². The number of nitrogens with one attached hydrogen (secondary N) is 1. The molecule has 1 saturated heterocycles. The van der Waals surface area contributed by atoms with Crippen LogP contribution in [0, 0.1) is 12.8 Å². The van der Waals surface area contributed by atoms with Crippen molar-refractivity contribution in [3.05, 3.63) is 23.7 Å². The molecule has 5 nitrogen and oxygen atoms in total. The Morgan fingerprint density at radius 3 is 3.00 bits per heavy atom. The molecule has 2 fully saturated rings. The molecule has 0 aromatic carbocycles. The summed E-state index contributed by atoms with van der Waals surface area (Å²) in [6.45, 7) is 2.01. The van der Waals surface area contributed by atoms with Gasteiger partial charge in [0.15, 0.2) is 11.5 Å². The highest BCUT2D eigenvalue weighted by molar-refractivity contribution is 5.36. The van der Waals surface area contributed by atoms with Crippen molar-refractivity contribution in [3.63, 3.8) is 0 Å². The van der Waals surface area contributed by atoms with Gasteiger partial charge in [-0.25, -0.2) is 0 Å². The van der Waals surface area contributed by atoms with E-state index in [4.69, 9.17) is 0 Å². The standard InChI is InChI=1S/C14H19N5/c1-9-6-7-13-16-17-14(19(13)18-9)12-8-10-4-2-3-5-11(10)15-12/h6-7,10-12,15H,2-5,8H2,1H3. The molecule has 3 unspecified atom stereocenters. The SMILES string of the molecule is Cc1ccc2nnc(C3CC4CCCCC4N3)n2n1. The number of aryl methyl sites for hydroxylation is 1. The second-order valence-corrected chi connectivity index (χ2v) is 5.91. The lowest BCUT2D eigenvalue weighted by atomic mass is 9.85. The summed E-state index contributed by atoms with van der Waals surface area (Å²) < 4.78 is 1.91. The number of hydrogen-bond acceptors (Lipinski definition) is 4. The van der Waals surface area contributed by atoms with E-state index < -0.39 is 0 Å². The normalized spacial score (nSPS) is 30.7. The Labute approximate surface area is 112 Å². The van der Waals surface area contributed by atoms with Gasteiger partial charge in [-0.3, -0.25) is 0 Å². The summed E-state index contributed by atoms with van der Waals surface area (Å²) in [6, 6.07) is 4.96. The molecule has 100 valence electrons. The summed E-state index contributed by atoms with van der Waals surface area (Å²) in [6.07, 6.45) is 6.59. The number of fused-ring (bicyclic) bond motifs is 2. The van der Waals surface area contributed by atoms with E-state index in [9.17, 15) is 0 Å². The second kappa shape index (κ2) is 4.27. The van der Waals surface area contributed by atoms with E-state index in [1.807, 2.05) is 23.6 Å². The van der Waals surface area contributed by atoms with Crippen molar-refractivity contribution in [3.8, 4) is 0 Å². The molecule has 3 atom stereocenters. The van der Waals surface area contributed by atoms with Crippen LogP contribution in [-0.2, 0) is 0 Å². The van der Waals surface area contributed by atoms with E-state index in [0.29, 0.717) is 12.1 Å². The van der Waals surface area contributed by atoms with E-state index in [-0.39, 0.29) is 0 Å². The van der Waals surface area contributed by atoms with Gasteiger partial charge in [-0.15, -0.1) is 10.2 Å². The van der Waals surface area contributed by atoms with Crippen LogP contribution in [0.4, 0.5) is 0 Å². The van der Waals surface area contributed by atoms with Gasteiger partial charge in [0.2, 0.25) is 0 Å². The fourth-order valence-corrected chi connectivity index (χ4v) is 3.63. The van der Waals surface area contributed by atoms with Gasteiger partial charge in [-0.05, 0) is 44.2 Å². The molecule has 1 aliphatic heterocycles. The maximum Gasteiger partial charge on any atom is 0.177 e. The van der Waals surface area contributed by atoms with Crippen molar-refractivity contribution in [1.29, 1.82) is 0 Å². The lowest BCUT2D eigenvalue weighted by molar-refractivity contribution is 0.325. The summed E-state index contributed by atoms with van der Waals surface area (Å²) >= 11 is 0. The first-order chi connectivity index (χ1) is 9.31. The Hall–Kier alpha value is -1.49. The van der Waals surface area contributed by atoms with Crippen molar-refractivity contribution >= 4 is 5.65 Å². The molecular formula is C14H19N5. The van der Waals surface area contributed by atoms with Crippen LogP contribution in [0.2, 0.25) is 0 Å². The van der Waals surface area contributed by atoms with Crippen molar-refractivity contribution in [2.24, 2.45) is 5.92 Å². The smallest absolute Gasteiger partial charge is 0.177 e. The van der Waals surface area contributed by atoms with Crippen LogP contribution in [0.5, 0.6) is 0 Å². The van der Waals surface area contributed by atoms with Crippen LogP contribution in [0.25, 0.3) is 5.65 Å². The van der Waals surface area contributed by atoms with Gasteiger partial charge in [-0.2, -0.15) is 9.61 Å². The zero-order valence-electron chi connectivity index (χ0n) is 11.2. The number of rotatable bonds is 1. The molecule has 0 radical (unpaired) electrons. The van der Waals surface area contributed by atoms with Gasteiger partial charge in [0, 0.05) is 6.04 Å². The van der Waals surface area contributed by atoms with Crippen molar-refractivity contribution < 1.29 is 0 Å². The third-order valence-corrected chi connectivity index (χ3v) is 4.59. The van der Waals surface area contributed by atoms with E-state index >= 15 is 0 Å². The first-order valence-corrected chi connectivity index (χ1v) is 7.26. The molecule has 19 heavy (non-hydrogen) atoms. The summed E-state index contributed by atoms with van der Waals surface area (Å²) in [4.78, 5) is 0. The molecule has 2 aromatic heterocycles. The first kappa shape index (κ1) is 11.3. The Balaban J connectivity index is 1.69. The summed E-state index contributed by atoms with van der Waals surface area (Å²) in [5.41, 5.74) is 1.85. The Kier molecular flexibility index (Phi) is 2.55. The van der Waals surface area contributed by atoms with Gasteiger partial charge >= 0.3 is 0 Å². The zero-order valence-corrected chi connectivity index (χ0v) is 11.2. The molecule has 1 saturated carbocycles. The van der Waals surface area contributed by atoms with Crippen LogP contribution >= 0.6 is 0 Å². The van der Waals surface area contributed by atoms with Crippen LogP contribution < -0.4 is 5.32 Å². The molecule has 0 spiro atoms. The van der Waals surface area contributed by atoms with Gasteiger partial charge in [0.1, 0.15) is 0 Å². The lowest BCUT2D eigenvalue weighted by Gasteiger charge is -2.24. The minimum atomic E-state index is 0.317. The van der Waals surface area contributed by atoms with Crippen molar-refractivity contribution in [1.82, 2.24) is 25.1 Å². The maximum absolute atomic E-state index is 4.55. The Bertz CT molecular complexity index is 591. The summed E-state index contributed by atoms with van der Waals surface area (Å²) in [5.74, 6) is 1.80. The van der Waals surface area contributed by atoms with E-state index in [0.717, 1.165) is 23.1 Å². The quantitative estimate of drug-likeness (QED) is 0.849. The number of aromatic nitrogens is 4. The minimum Gasteiger partial charge on any atom is -0.304 e. The minimum absolute atomic E-state index is 0.317. The largest absolute Gasteiger partial charge is 0.304 e. The summed E-state index contributed by atoms with van der Waals surface area (Å²) in [7, 11) is 0. The Morgan fingerprint density at radius 2 is 2.11 bits per heavy atom. The van der Waals surface area contributed by atoms with E-state index in [1.54, 1.807) is 0 Å². The van der Waals surface area contributed by atoms with Crippen molar-refractivity contribution in [2.75, 3.05) is 0 Å². The molecule has 1 N–H and O–H groups in total. The average molecular weight is 257 g/mol. The third kappa shape index (κ3) is 1.84. The highest BCUT2D eigenvalue weighted by Crippen LogP contribution is 2.38. The molecular weight excluding hydrogens is 238 g/mol. The molecule has 0 bridgehead atoms. The van der Waals surface area contributed by atoms with Gasteiger partial charge in [0.25, 0.3) is 0 Å². The van der Waals surface area contributed by atoms with Crippen LogP contribution in [0.3, 0.4) is 0 Å². The second-order valence-electron chi connectivity index (χ2n) is 5.91. The highest BCUT2D eigenvalue weighted by atomic mass is 15.4. The topological polar surface area (TPSA) is 55.1 Å². The van der Waals surface area contributed by atoms with Crippen molar-refractivity contribution in [2.45, 2.75) is 51.1 Å². The lowest BCUT2D eigenvalue weighted by Crippen LogP contribution is -2.31. The average Bonchev–Trinajstić information content (AvgIpc) is 3.00. The monoisotopic (exact) mass is 257 g/mol. The summed E-state index contributed by atoms with van der Waals surface area (Å²) in [5, 5.41) is 16.9. The third-order valence-electron chi connectivity index (χ3n) is 4.59. The van der Waals surface area contributed by atoms with E-state index in [2.05, 4.69) is 20.6 Å². The fourth-order valence-electron chi connectivity index (χ4n) is 3.63. The number of nitrogens with zero attached hydrogens (tertiary/aromatic N) is 4. The molecule has 5 heteroatoms. The fraction of sp³-hybridized carbons (Fsp3) is 0.643. The molecule has 4 rings (SSSR count). The van der Waals surface area contributed by atoms with Gasteiger partial charge in [-0.1, -0.05) is 12.8 Å². The van der Waals surface area contributed by atoms with Crippen LogP contribution in [-0.4, -0.2) is 25.9 Å². The maximum atomic E-state index is 4.55. The van der Waals surface area contributed by atoms with Crippen LogP contribution in [0.15, 0.2) is 12.1 Å². The predicted molar refractivity (Wildman–Crippen MR) is 71.8 cm³/mol. The number of hydrogen-bond donors (Lipinski definition) is 1. The molecule has 1 aliphatic carbocycles. The molecule has 2 aromatic rings. The molecule has 3 heterocycles. The molecule has 0 amide bonds. The first-order valence-electron chi connectivity index (χ1n) is 7.26. The predicted octanol–water partition coefficient (Wildman–Crippen LogP) is 2.03. The van der Waals surface area contributed by atoms with Gasteiger partial charge in [0.05, 0.1) is 11.7 Å². The van der Waals surface area contributed by atoms with E-state index in [1.165, 1.54) is 32.1 Å². The highest BCUT2D eigenvalue weighted by Gasteiger charge is 2.37. The Morgan fingerprint density at radius 1 is 1.21 bits per heavy atom. The molecule has 2 aliphatic rings. The van der Waals surface area contributed by atoms with Crippen LogP contribution in [0.1, 0.15) is 49.7 Å².